The van der Waals surface area contributed by atoms with Gasteiger partial charge in [-0.3, -0.25) is 15.1 Å². The number of anilines is 3. The average molecular weight is 508 g/mol. The number of hydrogen-bond donors (Lipinski definition) is 2. The molecule has 0 radical (unpaired) electrons. The molecule has 37 heavy (non-hydrogen) atoms. The van der Waals surface area contributed by atoms with Gasteiger partial charge in [-0.2, -0.15) is 4.98 Å². The van der Waals surface area contributed by atoms with Gasteiger partial charge >= 0.3 is 11.7 Å². The van der Waals surface area contributed by atoms with Crippen LogP contribution in [0.1, 0.15) is 58.9 Å². The maximum atomic E-state index is 13.8. The van der Waals surface area contributed by atoms with E-state index >= 15 is 0 Å². The molecule has 2 amide bonds. The Labute approximate surface area is 215 Å². The minimum absolute atomic E-state index is 0.0118. The Morgan fingerprint density at radius 1 is 1.19 bits per heavy atom. The number of ether oxygens (including phenoxy) is 1. The summed E-state index contributed by atoms with van der Waals surface area (Å²) >= 11 is 0. The number of amides is 2. The van der Waals surface area contributed by atoms with Crippen molar-refractivity contribution in [1.82, 2.24) is 9.97 Å². The summed E-state index contributed by atoms with van der Waals surface area (Å²) in [6.07, 6.45) is 5.59. The van der Waals surface area contributed by atoms with Crippen molar-refractivity contribution in [2.45, 2.75) is 71.4 Å². The molecule has 0 aliphatic heterocycles. The van der Waals surface area contributed by atoms with E-state index in [4.69, 9.17) is 9.15 Å². The molecule has 1 aromatic carbocycles. The Kier molecular flexibility index (Phi) is 7.20. The lowest BCUT2D eigenvalue weighted by Crippen LogP contribution is -2.53. The van der Waals surface area contributed by atoms with Crippen LogP contribution in [-0.4, -0.2) is 39.7 Å². The van der Waals surface area contributed by atoms with E-state index in [1.165, 1.54) is 0 Å². The highest BCUT2D eigenvalue weighted by Gasteiger charge is 2.44. The van der Waals surface area contributed by atoms with Crippen LogP contribution in [0.5, 0.6) is 0 Å². The number of aromatic nitrogens is 2. The van der Waals surface area contributed by atoms with Crippen LogP contribution in [0.25, 0.3) is 10.9 Å². The largest absolute Gasteiger partial charge is 0.444 e. The van der Waals surface area contributed by atoms with Crippen LogP contribution < -0.4 is 21.2 Å². The Morgan fingerprint density at radius 3 is 2.54 bits per heavy atom. The van der Waals surface area contributed by atoms with Crippen LogP contribution in [-0.2, 0) is 9.53 Å². The summed E-state index contributed by atoms with van der Waals surface area (Å²) in [6, 6.07) is 6.92. The molecule has 196 valence electrons. The molecule has 0 spiro atoms. The molecule has 1 aliphatic rings. The van der Waals surface area contributed by atoms with Crippen LogP contribution >= 0.6 is 0 Å². The highest BCUT2D eigenvalue weighted by atomic mass is 16.6. The zero-order chi connectivity index (χ0) is 26.8. The topological polar surface area (TPSA) is 127 Å². The van der Waals surface area contributed by atoms with Crippen LogP contribution in [0.4, 0.5) is 22.2 Å². The first-order valence-electron chi connectivity index (χ1n) is 12.5. The molecular weight excluding hydrogens is 474 g/mol. The van der Waals surface area contributed by atoms with E-state index in [1.54, 1.807) is 63.2 Å². The summed E-state index contributed by atoms with van der Waals surface area (Å²) in [4.78, 5) is 49.4. The first-order chi connectivity index (χ1) is 17.5. The number of aryl methyl sites for hydroxylation is 1. The van der Waals surface area contributed by atoms with E-state index in [-0.39, 0.29) is 17.3 Å². The summed E-state index contributed by atoms with van der Waals surface area (Å²) in [6.45, 7) is 9.39. The lowest BCUT2D eigenvalue weighted by atomic mass is 9.95. The SMILES string of the molecule is CCN(C(=O)C1(Nc2nc3ccc(NC(=O)OC(C)(C)C)c(C)c3c(=O)o2)CCCC1)c1cccnc1. The van der Waals surface area contributed by atoms with E-state index in [2.05, 4.69) is 20.6 Å². The number of nitrogens with zero attached hydrogens (tertiary/aromatic N) is 3. The van der Waals surface area contributed by atoms with Gasteiger partial charge < -0.3 is 19.4 Å². The average Bonchev–Trinajstić information content (AvgIpc) is 3.30. The van der Waals surface area contributed by atoms with Crippen molar-refractivity contribution in [3.63, 3.8) is 0 Å². The maximum absolute atomic E-state index is 13.8. The second kappa shape index (κ2) is 10.2. The van der Waals surface area contributed by atoms with Crippen molar-refractivity contribution in [2.24, 2.45) is 0 Å². The molecule has 0 saturated heterocycles. The fraction of sp³-hybridized carbons (Fsp3) is 0.444. The predicted molar refractivity (Wildman–Crippen MR) is 142 cm³/mol. The van der Waals surface area contributed by atoms with Crippen LogP contribution in [0.2, 0.25) is 0 Å². The Bertz CT molecular complexity index is 1360. The summed E-state index contributed by atoms with van der Waals surface area (Å²) in [5, 5.41) is 6.11. The second-order valence-electron chi connectivity index (χ2n) is 10.2. The van der Waals surface area contributed by atoms with Crippen LogP contribution in [0.3, 0.4) is 0 Å². The third kappa shape index (κ3) is 5.58. The van der Waals surface area contributed by atoms with E-state index in [1.807, 2.05) is 13.0 Å². The van der Waals surface area contributed by atoms with Gasteiger partial charge in [0.05, 0.1) is 22.8 Å². The molecule has 2 heterocycles. The highest BCUT2D eigenvalue weighted by Crippen LogP contribution is 2.36. The first-order valence-corrected chi connectivity index (χ1v) is 12.5. The van der Waals surface area contributed by atoms with Crippen molar-refractivity contribution in [1.29, 1.82) is 0 Å². The zero-order valence-corrected chi connectivity index (χ0v) is 21.9. The molecule has 4 rings (SSSR count). The number of benzene rings is 1. The number of hydrogen-bond acceptors (Lipinski definition) is 8. The number of nitrogens with one attached hydrogen (secondary N) is 2. The minimum Gasteiger partial charge on any atom is -0.444 e. The van der Waals surface area contributed by atoms with Gasteiger partial charge in [-0.25, -0.2) is 9.59 Å². The number of carbonyl (C=O) groups excluding carboxylic acids is 2. The van der Waals surface area contributed by atoms with Gasteiger partial charge in [0.25, 0.3) is 11.9 Å². The maximum Gasteiger partial charge on any atom is 0.412 e. The molecule has 1 aliphatic carbocycles. The molecular formula is C27H33N5O5. The first kappa shape index (κ1) is 26.1. The van der Waals surface area contributed by atoms with Gasteiger partial charge in [-0.05, 0) is 77.3 Å². The van der Waals surface area contributed by atoms with Gasteiger partial charge in [0.1, 0.15) is 11.1 Å². The summed E-state index contributed by atoms with van der Waals surface area (Å²) in [7, 11) is 0. The molecule has 0 unspecified atom stereocenters. The molecule has 1 saturated carbocycles. The molecule has 0 atom stereocenters. The summed E-state index contributed by atoms with van der Waals surface area (Å²) in [5.74, 6) is -0.113. The van der Waals surface area contributed by atoms with Gasteiger partial charge in [-0.15, -0.1) is 0 Å². The van der Waals surface area contributed by atoms with Gasteiger partial charge in [-0.1, -0.05) is 12.8 Å². The number of likely N-dealkylation sites (N-methyl/N-ethyl adjacent to an activating group) is 1. The third-order valence-electron chi connectivity index (χ3n) is 6.43. The summed E-state index contributed by atoms with van der Waals surface area (Å²) in [5.41, 5.74) is -0.185. The summed E-state index contributed by atoms with van der Waals surface area (Å²) < 4.78 is 10.9. The van der Waals surface area contributed by atoms with Crippen molar-refractivity contribution in [3.8, 4) is 0 Å². The van der Waals surface area contributed by atoms with E-state index in [9.17, 15) is 14.4 Å². The van der Waals surface area contributed by atoms with Crippen LogP contribution in [0.15, 0.2) is 45.9 Å². The quantitative estimate of drug-likeness (QED) is 0.476. The molecule has 10 heteroatoms. The Balaban J connectivity index is 1.64. The minimum atomic E-state index is -0.949. The number of rotatable bonds is 6. The number of pyridine rings is 1. The second-order valence-corrected chi connectivity index (χ2v) is 10.2. The smallest absolute Gasteiger partial charge is 0.412 e. The number of carbonyl (C=O) groups is 2. The van der Waals surface area contributed by atoms with E-state index in [0.29, 0.717) is 41.8 Å². The molecule has 3 aromatic rings. The monoisotopic (exact) mass is 507 g/mol. The normalized spacial score (nSPS) is 14.8. The van der Waals surface area contributed by atoms with Crippen molar-refractivity contribution in [2.75, 3.05) is 22.1 Å². The van der Waals surface area contributed by atoms with Crippen molar-refractivity contribution < 1.29 is 18.7 Å². The van der Waals surface area contributed by atoms with E-state index in [0.717, 1.165) is 12.8 Å². The fourth-order valence-corrected chi connectivity index (χ4v) is 4.71. The van der Waals surface area contributed by atoms with Gasteiger partial charge in [0, 0.05) is 18.4 Å². The van der Waals surface area contributed by atoms with Crippen LogP contribution in [0, 0.1) is 6.92 Å². The lowest BCUT2D eigenvalue weighted by molar-refractivity contribution is -0.122. The molecule has 2 aromatic heterocycles. The zero-order valence-electron chi connectivity index (χ0n) is 21.9. The third-order valence-corrected chi connectivity index (χ3v) is 6.43. The number of fused-ring (bicyclic) bond motifs is 1. The van der Waals surface area contributed by atoms with Crippen molar-refractivity contribution >= 4 is 40.3 Å². The Hall–Kier alpha value is -3.95. The molecule has 0 bridgehead atoms. The molecule has 1 fully saturated rings. The predicted octanol–water partition coefficient (Wildman–Crippen LogP) is 5.02. The molecule has 10 nitrogen and oxygen atoms in total. The van der Waals surface area contributed by atoms with Crippen molar-refractivity contribution in [3.05, 3.63) is 52.6 Å². The fourth-order valence-electron chi connectivity index (χ4n) is 4.71. The molecule has 2 N–H and O–H groups in total. The van der Waals surface area contributed by atoms with E-state index < -0.39 is 22.9 Å². The Morgan fingerprint density at radius 2 is 1.92 bits per heavy atom. The lowest BCUT2D eigenvalue weighted by Gasteiger charge is -2.34. The van der Waals surface area contributed by atoms with Gasteiger partial charge in [0.2, 0.25) is 0 Å². The van der Waals surface area contributed by atoms with Gasteiger partial charge in [0.15, 0.2) is 0 Å². The highest BCUT2D eigenvalue weighted by molar-refractivity contribution is 6.02. The standard InChI is InChI=1S/C27H33N5O5/c1-6-32(18-10-9-15-28-16-18)23(34)27(13-7-8-14-27)31-24-29-20-12-11-19(17(2)21(20)22(33)36-24)30-25(35)37-26(3,4)5/h9-12,15-16H,6-8,13-14H2,1-5H3,(H,29,31)(H,30,35).